The number of nitro groups is 1. The summed E-state index contributed by atoms with van der Waals surface area (Å²) in [4.78, 5) is 34.5. The third-order valence-corrected chi connectivity index (χ3v) is 4.76. The molecule has 1 aromatic carbocycles. The summed E-state index contributed by atoms with van der Waals surface area (Å²) in [5.74, 6) is -0.569. The van der Waals surface area contributed by atoms with Crippen LogP contribution in [-0.4, -0.2) is 22.8 Å². The number of thiophene rings is 1. The van der Waals surface area contributed by atoms with Crippen LogP contribution in [-0.2, 0) is 9.53 Å². The topological polar surface area (TPSA) is 86.5 Å². The minimum absolute atomic E-state index is 0.0207. The molecule has 1 aliphatic carbocycles. The minimum Gasteiger partial charge on any atom is -0.450 e. The van der Waals surface area contributed by atoms with E-state index in [1.165, 1.54) is 23.5 Å². The number of hydrogen-bond acceptors (Lipinski definition) is 6. The SMILES string of the molecule is O=C(O[C@@H]1CCCCC1=O)c1cc2cc([N+](=O)[O-])ccc2s1. The zero-order valence-corrected chi connectivity index (χ0v) is 12.4. The highest BCUT2D eigenvalue weighted by molar-refractivity contribution is 7.20. The molecular formula is C15H13NO5S. The van der Waals surface area contributed by atoms with E-state index in [9.17, 15) is 19.7 Å². The lowest BCUT2D eigenvalue weighted by molar-refractivity contribution is -0.384. The van der Waals surface area contributed by atoms with Gasteiger partial charge in [0.05, 0.1) is 4.92 Å². The summed E-state index contributed by atoms with van der Waals surface area (Å²) in [6.07, 6.45) is 2.10. The molecule has 0 amide bonds. The normalized spacial score (nSPS) is 18.4. The van der Waals surface area contributed by atoms with E-state index >= 15 is 0 Å². The Hall–Kier alpha value is -2.28. The van der Waals surface area contributed by atoms with Crippen LogP contribution in [0.5, 0.6) is 0 Å². The molecular weight excluding hydrogens is 306 g/mol. The molecule has 7 heteroatoms. The Labute approximate surface area is 129 Å². The third kappa shape index (κ3) is 2.85. The molecule has 0 unspecified atom stereocenters. The second-order valence-corrected chi connectivity index (χ2v) is 6.28. The number of ketones is 1. The van der Waals surface area contributed by atoms with E-state index in [0.717, 1.165) is 17.5 Å². The van der Waals surface area contributed by atoms with Gasteiger partial charge in [-0.1, -0.05) is 0 Å². The molecule has 0 aliphatic heterocycles. The zero-order valence-electron chi connectivity index (χ0n) is 11.6. The quantitative estimate of drug-likeness (QED) is 0.491. The van der Waals surface area contributed by atoms with Crippen LogP contribution in [0.3, 0.4) is 0 Å². The zero-order chi connectivity index (χ0) is 15.7. The molecule has 0 N–H and O–H groups in total. The van der Waals surface area contributed by atoms with Gasteiger partial charge in [-0.15, -0.1) is 11.3 Å². The lowest BCUT2D eigenvalue weighted by atomic mass is 9.96. The summed E-state index contributed by atoms with van der Waals surface area (Å²) in [6, 6.07) is 6.01. The molecule has 2 aromatic rings. The van der Waals surface area contributed by atoms with E-state index in [0.29, 0.717) is 23.1 Å². The molecule has 6 nitrogen and oxygen atoms in total. The van der Waals surface area contributed by atoms with Crippen molar-refractivity contribution in [2.24, 2.45) is 0 Å². The summed E-state index contributed by atoms with van der Waals surface area (Å²) in [6.45, 7) is 0. The number of hydrogen-bond donors (Lipinski definition) is 0. The van der Waals surface area contributed by atoms with E-state index in [1.54, 1.807) is 12.1 Å². The molecule has 0 spiro atoms. The second kappa shape index (κ2) is 5.84. The van der Waals surface area contributed by atoms with Crippen molar-refractivity contribution in [2.75, 3.05) is 0 Å². The molecule has 114 valence electrons. The number of carbonyl (C=O) groups is 2. The molecule has 0 radical (unpaired) electrons. The molecule has 1 saturated carbocycles. The van der Waals surface area contributed by atoms with E-state index in [4.69, 9.17) is 4.74 Å². The molecule has 0 saturated heterocycles. The van der Waals surface area contributed by atoms with Crippen molar-refractivity contribution in [2.45, 2.75) is 31.8 Å². The fourth-order valence-electron chi connectivity index (χ4n) is 2.51. The van der Waals surface area contributed by atoms with Crippen LogP contribution in [0, 0.1) is 10.1 Å². The Bertz CT molecular complexity index is 766. The maximum atomic E-state index is 12.1. The predicted octanol–water partition coefficient (Wildman–Crippen LogP) is 3.48. The molecule has 1 aliphatic rings. The van der Waals surface area contributed by atoms with Gasteiger partial charge in [-0.3, -0.25) is 14.9 Å². The van der Waals surface area contributed by atoms with Crippen LogP contribution in [0.2, 0.25) is 0 Å². The number of non-ortho nitro benzene ring substituents is 1. The number of fused-ring (bicyclic) bond motifs is 1. The van der Waals surface area contributed by atoms with Gasteiger partial charge in [0.2, 0.25) is 0 Å². The number of ether oxygens (including phenoxy) is 1. The Balaban J connectivity index is 1.81. The highest BCUT2D eigenvalue weighted by Crippen LogP contribution is 2.30. The van der Waals surface area contributed by atoms with Crippen LogP contribution in [0.25, 0.3) is 10.1 Å². The first-order chi connectivity index (χ1) is 10.5. The van der Waals surface area contributed by atoms with Crippen LogP contribution < -0.4 is 0 Å². The maximum absolute atomic E-state index is 12.1. The molecule has 1 heterocycles. The molecule has 1 aromatic heterocycles. The summed E-state index contributed by atoms with van der Waals surface area (Å²) in [7, 11) is 0. The van der Waals surface area contributed by atoms with Gasteiger partial charge in [0, 0.05) is 28.6 Å². The lowest BCUT2D eigenvalue weighted by Gasteiger charge is -2.20. The van der Waals surface area contributed by atoms with E-state index in [2.05, 4.69) is 0 Å². The number of nitro benzene ring substituents is 1. The van der Waals surface area contributed by atoms with Crippen molar-refractivity contribution in [3.8, 4) is 0 Å². The first-order valence-electron chi connectivity index (χ1n) is 6.96. The number of benzene rings is 1. The van der Waals surface area contributed by atoms with E-state index in [1.807, 2.05) is 0 Å². The Morgan fingerprint density at radius 3 is 2.86 bits per heavy atom. The first kappa shape index (κ1) is 14.6. The van der Waals surface area contributed by atoms with Crippen molar-refractivity contribution in [1.29, 1.82) is 0 Å². The number of nitrogens with zero attached hydrogens (tertiary/aromatic N) is 1. The van der Waals surface area contributed by atoms with Gasteiger partial charge >= 0.3 is 5.97 Å². The second-order valence-electron chi connectivity index (χ2n) is 5.20. The largest absolute Gasteiger partial charge is 0.450 e. The number of Topliss-reactive ketones (excluding diaryl/α,β-unsaturated/α-hetero) is 1. The van der Waals surface area contributed by atoms with E-state index < -0.39 is 17.0 Å². The Kier molecular flexibility index (Phi) is 3.89. The van der Waals surface area contributed by atoms with Crippen LogP contribution >= 0.6 is 11.3 Å². The molecule has 1 atom stereocenters. The minimum atomic E-state index is -0.652. The lowest BCUT2D eigenvalue weighted by Crippen LogP contribution is -2.29. The van der Waals surface area contributed by atoms with Gasteiger partial charge in [0.25, 0.3) is 5.69 Å². The average Bonchev–Trinajstić information content (AvgIpc) is 2.92. The predicted molar refractivity (Wildman–Crippen MR) is 81.2 cm³/mol. The van der Waals surface area contributed by atoms with Crippen LogP contribution in [0.4, 0.5) is 5.69 Å². The Morgan fingerprint density at radius 2 is 2.14 bits per heavy atom. The smallest absolute Gasteiger partial charge is 0.349 e. The fraction of sp³-hybridized carbons (Fsp3) is 0.333. The number of esters is 1. The average molecular weight is 319 g/mol. The van der Waals surface area contributed by atoms with Gasteiger partial charge in [-0.05, 0) is 31.4 Å². The van der Waals surface area contributed by atoms with Gasteiger partial charge in [-0.2, -0.15) is 0 Å². The number of rotatable bonds is 3. The van der Waals surface area contributed by atoms with Crippen LogP contribution in [0.1, 0.15) is 35.4 Å². The Morgan fingerprint density at radius 1 is 1.32 bits per heavy atom. The highest BCUT2D eigenvalue weighted by Gasteiger charge is 2.27. The van der Waals surface area contributed by atoms with Gasteiger partial charge in [0.1, 0.15) is 4.88 Å². The summed E-state index contributed by atoms with van der Waals surface area (Å²) < 4.78 is 6.06. The summed E-state index contributed by atoms with van der Waals surface area (Å²) in [5.41, 5.74) is -0.0207. The summed E-state index contributed by atoms with van der Waals surface area (Å²) >= 11 is 1.21. The van der Waals surface area contributed by atoms with Crippen molar-refractivity contribution in [1.82, 2.24) is 0 Å². The summed E-state index contributed by atoms with van der Waals surface area (Å²) in [5, 5.41) is 11.4. The van der Waals surface area contributed by atoms with Gasteiger partial charge in [-0.25, -0.2) is 4.79 Å². The first-order valence-corrected chi connectivity index (χ1v) is 7.78. The standard InChI is InChI=1S/C15H13NO5S/c17-11-3-1-2-4-12(11)21-15(18)14-8-9-7-10(16(19)20)5-6-13(9)22-14/h5-8,12H,1-4H2/t12-/m1/s1. The highest BCUT2D eigenvalue weighted by atomic mass is 32.1. The van der Waals surface area contributed by atoms with Crippen molar-refractivity contribution < 1.29 is 19.2 Å². The molecule has 22 heavy (non-hydrogen) atoms. The van der Waals surface area contributed by atoms with Gasteiger partial charge in [0.15, 0.2) is 11.9 Å². The van der Waals surface area contributed by atoms with Crippen LogP contribution in [0.15, 0.2) is 24.3 Å². The van der Waals surface area contributed by atoms with Gasteiger partial charge < -0.3 is 4.74 Å². The van der Waals surface area contributed by atoms with Crippen molar-refractivity contribution in [3.05, 3.63) is 39.3 Å². The fourth-order valence-corrected chi connectivity index (χ4v) is 3.43. The van der Waals surface area contributed by atoms with Crippen molar-refractivity contribution in [3.63, 3.8) is 0 Å². The maximum Gasteiger partial charge on any atom is 0.349 e. The molecule has 0 bridgehead atoms. The van der Waals surface area contributed by atoms with E-state index in [-0.39, 0.29) is 11.5 Å². The number of carbonyl (C=O) groups excluding carboxylic acids is 2. The molecule has 3 rings (SSSR count). The monoisotopic (exact) mass is 319 g/mol. The third-order valence-electron chi connectivity index (χ3n) is 3.66. The molecule has 1 fully saturated rings. The van der Waals surface area contributed by atoms with Crippen molar-refractivity contribution >= 4 is 38.9 Å².